The highest BCUT2D eigenvalue weighted by Gasteiger charge is 2.51. The van der Waals surface area contributed by atoms with Crippen LogP contribution >= 0.6 is 0 Å². The Hall–Kier alpha value is -1.54. The van der Waals surface area contributed by atoms with Gasteiger partial charge in [0.15, 0.2) is 0 Å². The molecule has 0 aliphatic carbocycles. The maximum Gasteiger partial charge on any atom is 0.494 e. The Morgan fingerprint density at radius 1 is 1.04 bits per heavy atom. The molecule has 1 aliphatic rings. The lowest BCUT2D eigenvalue weighted by molar-refractivity contribution is 0.00578. The third kappa shape index (κ3) is 3.69. The van der Waals surface area contributed by atoms with Gasteiger partial charge in [-0.3, -0.25) is 4.79 Å². The molecule has 1 fully saturated rings. The van der Waals surface area contributed by atoms with Crippen LogP contribution in [0.25, 0.3) is 0 Å². The molecule has 1 heterocycles. The van der Waals surface area contributed by atoms with Gasteiger partial charge in [-0.15, -0.1) is 0 Å². The van der Waals surface area contributed by atoms with Crippen LogP contribution in [0.1, 0.15) is 38.1 Å². The van der Waals surface area contributed by atoms with E-state index in [0.717, 1.165) is 0 Å². The van der Waals surface area contributed by atoms with Crippen molar-refractivity contribution in [2.75, 3.05) is 0 Å². The zero-order valence-electron chi connectivity index (χ0n) is 13.4. The molecular weight excluding hydrogens is 310 g/mol. The second-order valence-corrected chi connectivity index (χ2v) is 6.42. The van der Waals surface area contributed by atoms with Crippen molar-refractivity contribution in [3.63, 3.8) is 0 Å². The molecule has 23 heavy (non-hydrogen) atoms. The molecule has 1 atom stereocenters. The molecular formula is C15H19BF3NO3. The predicted octanol–water partition coefficient (Wildman–Crippen LogP) is 2.28. The molecule has 0 radical (unpaired) electrons. The zero-order chi connectivity index (χ0) is 17.4. The number of carbonyl (C=O) groups is 1. The number of hydrogen-bond donors (Lipinski definition) is 1. The molecule has 0 spiro atoms. The molecule has 0 aromatic heterocycles. The number of rotatable bonds is 4. The maximum absolute atomic E-state index is 12.8. The molecule has 0 saturated carbocycles. The topological polar surface area (TPSA) is 47.6 Å². The fourth-order valence-electron chi connectivity index (χ4n) is 2.04. The molecule has 126 valence electrons. The molecule has 1 saturated heterocycles. The van der Waals surface area contributed by atoms with E-state index in [2.05, 4.69) is 0 Å². The number of benzene rings is 1. The quantitative estimate of drug-likeness (QED) is 0.681. The Bertz CT molecular complexity index is 562. The summed E-state index contributed by atoms with van der Waals surface area (Å²) in [6.45, 7) is 7.67. The molecule has 4 nitrogen and oxygen atoms in total. The summed E-state index contributed by atoms with van der Waals surface area (Å²) in [5.74, 6) is -0.904. The summed E-state index contributed by atoms with van der Waals surface area (Å²) in [7, 11) is -0.591. The summed E-state index contributed by atoms with van der Waals surface area (Å²) in [6, 6.07) is 6.00. The third-order valence-electron chi connectivity index (χ3n) is 4.19. The molecule has 1 aromatic carbocycles. The first kappa shape index (κ1) is 17.8. The van der Waals surface area contributed by atoms with Crippen molar-refractivity contribution in [1.29, 1.82) is 0 Å². The van der Waals surface area contributed by atoms with Crippen LogP contribution in [0.4, 0.5) is 13.2 Å². The van der Waals surface area contributed by atoms with E-state index < -0.39 is 36.9 Å². The number of amides is 1. The van der Waals surface area contributed by atoms with Gasteiger partial charge < -0.3 is 14.6 Å². The van der Waals surface area contributed by atoms with Crippen LogP contribution in [-0.2, 0) is 9.31 Å². The van der Waals surface area contributed by atoms with Gasteiger partial charge in [0.2, 0.25) is 6.30 Å². The molecule has 1 aliphatic heterocycles. The third-order valence-corrected chi connectivity index (χ3v) is 4.19. The van der Waals surface area contributed by atoms with Crippen molar-refractivity contribution in [3.8, 4) is 0 Å². The van der Waals surface area contributed by atoms with Crippen molar-refractivity contribution in [1.82, 2.24) is 5.32 Å². The first-order valence-electron chi connectivity index (χ1n) is 7.22. The zero-order valence-corrected chi connectivity index (χ0v) is 13.4. The fourth-order valence-corrected chi connectivity index (χ4v) is 2.04. The highest BCUT2D eigenvalue weighted by molar-refractivity contribution is 6.62. The minimum Gasteiger partial charge on any atom is -0.399 e. The second kappa shape index (κ2) is 6.16. The SMILES string of the molecule is CC1(C)OB(c2ccc(C(=O)NC(F)C(F)F)cc2)OC1(C)C. The highest BCUT2D eigenvalue weighted by atomic mass is 19.3. The number of nitrogens with one attached hydrogen (secondary N) is 1. The average Bonchev–Trinajstić information content (AvgIpc) is 2.67. The Morgan fingerprint density at radius 2 is 1.52 bits per heavy atom. The lowest BCUT2D eigenvalue weighted by Crippen LogP contribution is -2.41. The fraction of sp³-hybridized carbons (Fsp3) is 0.533. The predicted molar refractivity (Wildman–Crippen MR) is 80.5 cm³/mol. The summed E-state index contributed by atoms with van der Waals surface area (Å²) in [6.07, 6.45) is -5.95. The summed E-state index contributed by atoms with van der Waals surface area (Å²) < 4.78 is 48.8. The first-order valence-corrected chi connectivity index (χ1v) is 7.22. The van der Waals surface area contributed by atoms with E-state index in [9.17, 15) is 18.0 Å². The van der Waals surface area contributed by atoms with Crippen molar-refractivity contribution in [2.24, 2.45) is 0 Å². The van der Waals surface area contributed by atoms with E-state index in [1.54, 1.807) is 17.4 Å². The first-order chi connectivity index (χ1) is 10.5. The van der Waals surface area contributed by atoms with E-state index in [1.807, 2.05) is 27.7 Å². The maximum atomic E-state index is 12.8. The molecule has 1 aromatic rings. The monoisotopic (exact) mass is 329 g/mol. The number of hydrogen-bond acceptors (Lipinski definition) is 3. The van der Waals surface area contributed by atoms with E-state index in [1.165, 1.54) is 12.1 Å². The van der Waals surface area contributed by atoms with Gasteiger partial charge in [-0.05, 0) is 45.3 Å². The summed E-state index contributed by atoms with van der Waals surface area (Å²) in [5, 5.41) is 1.59. The lowest BCUT2D eigenvalue weighted by atomic mass is 9.79. The number of halogens is 3. The highest BCUT2D eigenvalue weighted by Crippen LogP contribution is 2.36. The average molecular weight is 329 g/mol. The number of alkyl halides is 3. The molecule has 1 N–H and O–H groups in total. The van der Waals surface area contributed by atoms with E-state index in [4.69, 9.17) is 9.31 Å². The number of carbonyl (C=O) groups excluding carboxylic acids is 1. The van der Waals surface area contributed by atoms with Gasteiger partial charge in [0, 0.05) is 5.56 Å². The van der Waals surface area contributed by atoms with Crippen LogP contribution in [0.5, 0.6) is 0 Å². The molecule has 1 unspecified atom stereocenters. The molecule has 0 bridgehead atoms. The van der Waals surface area contributed by atoms with Crippen LogP contribution in [0.15, 0.2) is 24.3 Å². The van der Waals surface area contributed by atoms with Crippen LogP contribution < -0.4 is 10.8 Å². The smallest absolute Gasteiger partial charge is 0.399 e. The molecule has 1 amide bonds. The lowest BCUT2D eigenvalue weighted by Gasteiger charge is -2.32. The Morgan fingerprint density at radius 3 is 1.96 bits per heavy atom. The van der Waals surface area contributed by atoms with Gasteiger partial charge in [-0.1, -0.05) is 12.1 Å². The van der Waals surface area contributed by atoms with Crippen molar-refractivity contribution in [2.45, 2.75) is 51.6 Å². The Balaban J connectivity index is 2.08. The summed E-state index contributed by atoms with van der Waals surface area (Å²) in [5.41, 5.74) is -0.224. The van der Waals surface area contributed by atoms with Gasteiger partial charge in [0.05, 0.1) is 11.2 Å². The largest absolute Gasteiger partial charge is 0.494 e. The second-order valence-electron chi connectivity index (χ2n) is 6.42. The van der Waals surface area contributed by atoms with Crippen LogP contribution in [0, 0.1) is 0 Å². The summed E-state index contributed by atoms with van der Waals surface area (Å²) >= 11 is 0. The van der Waals surface area contributed by atoms with Crippen LogP contribution in [-0.4, -0.2) is 36.9 Å². The van der Waals surface area contributed by atoms with Crippen molar-refractivity contribution >= 4 is 18.5 Å². The van der Waals surface area contributed by atoms with E-state index >= 15 is 0 Å². The normalized spacial score (nSPS) is 20.6. The van der Waals surface area contributed by atoms with Gasteiger partial charge >= 0.3 is 7.12 Å². The molecule has 8 heteroatoms. The van der Waals surface area contributed by atoms with Gasteiger partial charge in [-0.25, -0.2) is 13.2 Å². The van der Waals surface area contributed by atoms with Crippen molar-refractivity contribution < 1.29 is 27.3 Å². The minimum absolute atomic E-state index is 0.0774. The van der Waals surface area contributed by atoms with E-state index in [-0.39, 0.29) is 5.56 Å². The molecule has 2 rings (SSSR count). The van der Waals surface area contributed by atoms with Gasteiger partial charge in [0.1, 0.15) is 0 Å². The Labute approximate surface area is 133 Å². The van der Waals surface area contributed by atoms with Crippen molar-refractivity contribution in [3.05, 3.63) is 29.8 Å². The standard InChI is InChI=1S/C15H19BF3NO3/c1-14(2)15(3,4)23-16(22-14)10-7-5-9(6-8-10)13(21)20-12(19)11(17)18/h5-8,11-12H,1-4H3,(H,20,21). The van der Waals surface area contributed by atoms with Gasteiger partial charge in [0.25, 0.3) is 12.3 Å². The summed E-state index contributed by atoms with van der Waals surface area (Å²) in [4.78, 5) is 11.7. The Kier molecular flexibility index (Phi) is 4.77. The minimum atomic E-state index is -3.26. The van der Waals surface area contributed by atoms with Gasteiger partial charge in [-0.2, -0.15) is 0 Å². The van der Waals surface area contributed by atoms with Crippen LogP contribution in [0.3, 0.4) is 0 Å². The van der Waals surface area contributed by atoms with E-state index in [0.29, 0.717) is 5.46 Å². The van der Waals surface area contributed by atoms with Crippen LogP contribution in [0.2, 0.25) is 0 Å².